The number of aryl methyl sites for hydroxylation is 1. The van der Waals surface area contributed by atoms with Crippen LogP contribution >= 0.6 is 27.5 Å². The van der Waals surface area contributed by atoms with Crippen LogP contribution in [0.25, 0.3) is 0 Å². The number of aromatic nitrogens is 1. The number of carbonyl (C=O) groups excluding carboxylic acids is 2. The summed E-state index contributed by atoms with van der Waals surface area (Å²) < 4.78 is 1.04. The quantitative estimate of drug-likeness (QED) is 0.511. The zero-order valence-corrected chi connectivity index (χ0v) is 18.6. The maximum Gasteiger partial charge on any atom is 0.257 e. The Morgan fingerprint density at radius 2 is 1.77 bits per heavy atom. The summed E-state index contributed by atoms with van der Waals surface area (Å²) in [5.74, 6) is 0.0159. The third kappa shape index (κ3) is 4.40. The molecule has 0 bridgehead atoms. The van der Waals surface area contributed by atoms with Gasteiger partial charge in [-0.05, 0) is 54.4 Å². The molecule has 152 valence electrons. The Morgan fingerprint density at radius 3 is 2.43 bits per heavy atom. The van der Waals surface area contributed by atoms with Gasteiger partial charge in [-0.3, -0.25) is 9.59 Å². The van der Waals surface area contributed by atoms with Gasteiger partial charge in [-0.15, -0.1) is 0 Å². The fourth-order valence-corrected chi connectivity index (χ4v) is 3.74. The predicted octanol–water partition coefficient (Wildman–Crippen LogP) is 5.30. The number of pyridine rings is 1. The minimum Gasteiger partial charge on any atom is -0.337 e. The molecule has 0 radical (unpaired) electrons. The van der Waals surface area contributed by atoms with E-state index in [1.807, 2.05) is 30.0 Å². The van der Waals surface area contributed by atoms with E-state index < -0.39 is 0 Å². The van der Waals surface area contributed by atoms with E-state index in [9.17, 15) is 9.59 Å². The first-order valence-electron chi connectivity index (χ1n) is 9.49. The van der Waals surface area contributed by atoms with Crippen molar-refractivity contribution in [1.29, 1.82) is 0 Å². The van der Waals surface area contributed by atoms with Crippen molar-refractivity contribution >= 4 is 45.0 Å². The topological polar surface area (TPSA) is 62.3 Å². The Hall–Kier alpha value is -2.70. The summed E-state index contributed by atoms with van der Waals surface area (Å²) in [7, 11) is 0. The zero-order chi connectivity index (χ0) is 21.3. The standard InChI is InChI=1S/C23H19BrClN3O2/c1-14-2-3-16(10-20(14)27-22(29)17-6-9-21(25)26-11-17)23(30)28-12-18(13-28)15-4-7-19(24)8-5-15/h2-11,18H,12-13H2,1H3,(H,27,29). The minimum absolute atomic E-state index is 0.0352. The van der Waals surface area contributed by atoms with Gasteiger partial charge in [0.05, 0.1) is 5.56 Å². The smallest absolute Gasteiger partial charge is 0.257 e. The summed E-state index contributed by atoms with van der Waals surface area (Å²) in [5.41, 5.74) is 3.66. The Kier molecular flexibility index (Phi) is 5.88. The number of halogens is 2. The Balaban J connectivity index is 1.44. The first-order chi connectivity index (χ1) is 14.4. The van der Waals surface area contributed by atoms with Gasteiger partial charge in [0.1, 0.15) is 5.15 Å². The Morgan fingerprint density at radius 1 is 1.07 bits per heavy atom. The number of nitrogens with zero attached hydrogens (tertiary/aromatic N) is 2. The van der Waals surface area contributed by atoms with E-state index >= 15 is 0 Å². The number of hydrogen-bond donors (Lipinski definition) is 1. The van der Waals surface area contributed by atoms with E-state index in [0.29, 0.717) is 41.0 Å². The normalized spacial score (nSPS) is 13.6. The van der Waals surface area contributed by atoms with Gasteiger partial charge >= 0.3 is 0 Å². The molecule has 0 saturated carbocycles. The summed E-state index contributed by atoms with van der Waals surface area (Å²) >= 11 is 9.22. The van der Waals surface area contributed by atoms with Gasteiger partial charge in [0.2, 0.25) is 0 Å². The maximum absolute atomic E-state index is 12.9. The van der Waals surface area contributed by atoms with Crippen LogP contribution in [0.5, 0.6) is 0 Å². The highest BCUT2D eigenvalue weighted by Crippen LogP contribution is 2.30. The molecule has 0 spiro atoms. The lowest BCUT2D eigenvalue weighted by atomic mass is 9.91. The number of likely N-dealkylation sites (tertiary alicyclic amines) is 1. The summed E-state index contributed by atoms with van der Waals surface area (Å²) in [4.78, 5) is 31.1. The third-order valence-corrected chi connectivity index (χ3v) is 5.98. The molecule has 0 atom stereocenters. The van der Waals surface area contributed by atoms with Crippen LogP contribution in [0.2, 0.25) is 5.15 Å². The molecule has 1 aromatic heterocycles. The average molecular weight is 485 g/mol. The largest absolute Gasteiger partial charge is 0.337 e. The van der Waals surface area contributed by atoms with Crippen LogP contribution < -0.4 is 5.32 Å². The second-order valence-electron chi connectivity index (χ2n) is 7.31. The molecule has 30 heavy (non-hydrogen) atoms. The lowest BCUT2D eigenvalue weighted by Gasteiger charge is -2.39. The van der Waals surface area contributed by atoms with E-state index in [1.54, 1.807) is 24.3 Å². The lowest BCUT2D eigenvalue weighted by molar-refractivity contribution is 0.0602. The summed E-state index contributed by atoms with van der Waals surface area (Å²) in [6.45, 7) is 3.26. The molecule has 2 amide bonds. The van der Waals surface area contributed by atoms with E-state index in [1.165, 1.54) is 11.8 Å². The molecular formula is C23H19BrClN3O2. The molecule has 0 unspecified atom stereocenters. The van der Waals surface area contributed by atoms with Crippen LogP contribution in [-0.2, 0) is 0 Å². The highest BCUT2D eigenvalue weighted by Gasteiger charge is 2.32. The minimum atomic E-state index is -0.300. The van der Waals surface area contributed by atoms with Crippen LogP contribution in [-0.4, -0.2) is 34.8 Å². The van der Waals surface area contributed by atoms with Crippen molar-refractivity contribution in [3.05, 3.63) is 92.7 Å². The monoisotopic (exact) mass is 483 g/mol. The molecule has 2 aromatic carbocycles. The van der Waals surface area contributed by atoms with Crippen molar-refractivity contribution in [3.8, 4) is 0 Å². The highest BCUT2D eigenvalue weighted by atomic mass is 79.9. The molecule has 2 heterocycles. The number of amides is 2. The van der Waals surface area contributed by atoms with Crippen LogP contribution in [0.3, 0.4) is 0 Å². The molecule has 1 aliphatic heterocycles. The van der Waals surface area contributed by atoms with Crippen LogP contribution in [0.15, 0.2) is 65.3 Å². The summed E-state index contributed by atoms with van der Waals surface area (Å²) in [6.07, 6.45) is 1.42. The van der Waals surface area contributed by atoms with Gasteiger partial charge < -0.3 is 10.2 Å². The molecule has 3 aromatic rings. The van der Waals surface area contributed by atoms with Gasteiger partial charge in [0.25, 0.3) is 11.8 Å². The molecule has 5 nitrogen and oxygen atoms in total. The number of benzene rings is 2. The van der Waals surface area contributed by atoms with Crippen molar-refractivity contribution in [2.45, 2.75) is 12.8 Å². The summed E-state index contributed by atoms with van der Waals surface area (Å²) in [5, 5.41) is 3.18. The number of hydrogen-bond acceptors (Lipinski definition) is 3. The lowest BCUT2D eigenvalue weighted by Crippen LogP contribution is -2.48. The zero-order valence-electron chi connectivity index (χ0n) is 16.2. The molecule has 7 heteroatoms. The third-order valence-electron chi connectivity index (χ3n) is 5.23. The Bertz CT molecular complexity index is 1090. The van der Waals surface area contributed by atoms with Gasteiger partial charge in [-0.2, -0.15) is 0 Å². The first kappa shape index (κ1) is 20.6. The average Bonchev–Trinajstić information content (AvgIpc) is 2.70. The van der Waals surface area contributed by atoms with Crippen molar-refractivity contribution in [3.63, 3.8) is 0 Å². The maximum atomic E-state index is 12.9. The van der Waals surface area contributed by atoms with Crippen molar-refractivity contribution < 1.29 is 9.59 Å². The predicted molar refractivity (Wildman–Crippen MR) is 121 cm³/mol. The first-order valence-corrected chi connectivity index (χ1v) is 10.7. The number of carbonyl (C=O) groups is 2. The van der Waals surface area contributed by atoms with Crippen LogP contribution in [0.4, 0.5) is 5.69 Å². The fraction of sp³-hybridized carbons (Fsp3) is 0.174. The van der Waals surface area contributed by atoms with E-state index in [0.717, 1.165) is 10.0 Å². The highest BCUT2D eigenvalue weighted by molar-refractivity contribution is 9.10. The van der Waals surface area contributed by atoms with E-state index in [4.69, 9.17) is 11.6 Å². The fourth-order valence-electron chi connectivity index (χ4n) is 3.37. The summed E-state index contributed by atoms with van der Waals surface area (Å²) in [6, 6.07) is 16.7. The van der Waals surface area contributed by atoms with Crippen molar-refractivity contribution in [1.82, 2.24) is 9.88 Å². The van der Waals surface area contributed by atoms with Crippen molar-refractivity contribution in [2.75, 3.05) is 18.4 Å². The molecule has 0 aliphatic carbocycles. The van der Waals surface area contributed by atoms with E-state index in [2.05, 4.69) is 38.4 Å². The number of rotatable bonds is 4. The number of nitrogens with one attached hydrogen (secondary N) is 1. The van der Waals surface area contributed by atoms with Crippen LogP contribution in [0.1, 0.15) is 37.8 Å². The molecule has 1 N–H and O–H groups in total. The van der Waals surface area contributed by atoms with E-state index in [-0.39, 0.29) is 11.8 Å². The van der Waals surface area contributed by atoms with Crippen molar-refractivity contribution in [2.24, 2.45) is 0 Å². The second kappa shape index (κ2) is 8.58. The van der Waals surface area contributed by atoms with Gasteiger partial charge in [0.15, 0.2) is 0 Å². The Labute approximate surface area is 188 Å². The van der Waals surface area contributed by atoms with Gasteiger partial charge in [-0.1, -0.05) is 45.7 Å². The second-order valence-corrected chi connectivity index (χ2v) is 8.61. The van der Waals surface area contributed by atoms with Crippen LogP contribution in [0, 0.1) is 6.92 Å². The molecule has 1 saturated heterocycles. The van der Waals surface area contributed by atoms with Gasteiger partial charge in [-0.25, -0.2) is 4.98 Å². The molecule has 1 fully saturated rings. The number of anilines is 1. The molecular weight excluding hydrogens is 466 g/mol. The van der Waals surface area contributed by atoms with Gasteiger partial charge in [0, 0.05) is 40.9 Å². The SMILES string of the molecule is Cc1ccc(C(=O)N2CC(c3ccc(Br)cc3)C2)cc1NC(=O)c1ccc(Cl)nc1. The molecule has 4 rings (SSSR count). The molecule has 1 aliphatic rings.